The molecule has 156 valence electrons. The Morgan fingerprint density at radius 2 is 1.25 bits per heavy atom. The zero-order valence-electron chi connectivity index (χ0n) is 17.2. The Morgan fingerprint density at radius 3 is 1.69 bits per heavy atom. The maximum absolute atomic E-state index is 11.5. The van der Waals surface area contributed by atoms with Crippen LogP contribution in [0.15, 0.2) is 108 Å². The van der Waals surface area contributed by atoms with Crippen molar-refractivity contribution in [3.63, 3.8) is 0 Å². The fourth-order valence-electron chi connectivity index (χ4n) is 4.42. The average molecular weight is 482 g/mol. The van der Waals surface area contributed by atoms with E-state index < -0.39 is 5.54 Å². The molecule has 0 fully saturated rings. The fraction of sp³-hybridized carbons (Fsp3) is 0.0370. The summed E-state index contributed by atoms with van der Waals surface area (Å²) >= 11 is 3.63. The molecule has 0 saturated heterocycles. The van der Waals surface area contributed by atoms with Gasteiger partial charge < -0.3 is 5.73 Å². The third kappa shape index (κ3) is 3.05. The minimum absolute atomic E-state index is 0.421. The summed E-state index contributed by atoms with van der Waals surface area (Å²) in [5, 5.41) is 5.80. The Bertz CT molecular complexity index is 1300. The molecule has 1 heterocycles. The smallest absolute Gasteiger partial charge is 0.152 e. The van der Waals surface area contributed by atoms with Gasteiger partial charge in [-0.05, 0) is 44.8 Å². The topological polar surface area (TPSA) is 60.9 Å². The second-order valence-corrected chi connectivity index (χ2v) is 8.38. The van der Waals surface area contributed by atoms with Gasteiger partial charge in [0.25, 0.3) is 0 Å². The van der Waals surface area contributed by atoms with Gasteiger partial charge in [-0.15, -0.1) is 0 Å². The van der Waals surface area contributed by atoms with Crippen LogP contribution in [0.4, 0.5) is 5.69 Å². The van der Waals surface area contributed by atoms with Gasteiger partial charge in [0.2, 0.25) is 0 Å². The van der Waals surface area contributed by atoms with Crippen molar-refractivity contribution in [3.05, 3.63) is 130 Å². The number of aromatic nitrogens is 2. The molecule has 0 radical (unpaired) electrons. The van der Waals surface area contributed by atoms with E-state index in [0.717, 1.165) is 33.9 Å². The SMILES string of the molecule is Nc1cc2c(cc1C=O)c(Br)nn2C(c1ccccc1)(c1ccccc1)c1ccccc1. The molecule has 0 aliphatic heterocycles. The lowest BCUT2D eigenvalue weighted by atomic mass is 9.77. The molecule has 0 spiro atoms. The van der Waals surface area contributed by atoms with Gasteiger partial charge in [0.15, 0.2) is 6.29 Å². The number of aldehydes is 1. The quantitative estimate of drug-likeness (QED) is 0.189. The molecular formula is C27H20BrN3O. The van der Waals surface area contributed by atoms with Gasteiger partial charge in [-0.2, -0.15) is 5.10 Å². The van der Waals surface area contributed by atoms with Gasteiger partial charge in [0.05, 0.1) is 5.52 Å². The van der Waals surface area contributed by atoms with E-state index in [1.54, 1.807) is 6.07 Å². The predicted molar refractivity (Wildman–Crippen MR) is 132 cm³/mol. The Balaban J connectivity index is 1.99. The van der Waals surface area contributed by atoms with E-state index in [-0.39, 0.29) is 0 Å². The van der Waals surface area contributed by atoms with E-state index >= 15 is 0 Å². The number of rotatable bonds is 5. The molecule has 5 rings (SSSR count). The molecule has 0 unspecified atom stereocenters. The number of hydrogen-bond donors (Lipinski definition) is 1. The average Bonchev–Trinajstić information content (AvgIpc) is 3.16. The summed E-state index contributed by atoms with van der Waals surface area (Å²) in [6.45, 7) is 0. The summed E-state index contributed by atoms with van der Waals surface area (Å²) in [7, 11) is 0. The van der Waals surface area contributed by atoms with Gasteiger partial charge in [0, 0.05) is 16.6 Å². The third-order valence-corrected chi connectivity index (χ3v) is 6.44. The van der Waals surface area contributed by atoms with Gasteiger partial charge in [-0.1, -0.05) is 91.0 Å². The number of nitrogens with zero attached hydrogens (tertiary/aromatic N) is 2. The van der Waals surface area contributed by atoms with Crippen molar-refractivity contribution in [2.24, 2.45) is 0 Å². The minimum Gasteiger partial charge on any atom is -0.398 e. The first-order chi connectivity index (χ1) is 15.7. The van der Waals surface area contributed by atoms with Crippen molar-refractivity contribution >= 4 is 38.8 Å². The number of halogens is 1. The standard InChI is InChI=1S/C27H20BrN3O/c28-26-23-16-19(18-32)24(29)17-25(23)31(30-26)27(20-10-4-1-5-11-20,21-12-6-2-7-13-21)22-14-8-3-9-15-22/h1-18H,29H2. The largest absolute Gasteiger partial charge is 0.398 e. The molecule has 32 heavy (non-hydrogen) atoms. The van der Waals surface area contributed by atoms with Crippen LogP contribution in [-0.4, -0.2) is 16.1 Å². The first-order valence-electron chi connectivity index (χ1n) is 10.3. The van der Waals surface area contributed by atoms with Crippen molar-refractivity contribution in [1.29, 1.82) is 0 Å². The lowest BCUT2D eigenvalue weighted by Gasteiger charge is -2.37. The first kappa shape index (κ1) is 20.2. The highest BCUT2D eigenvalue weighted by molar-refractivity contribution is 9.10. The van der Waals surface area contributed by atoms with Crippen LogP contribution < -0.4 is 5.73 Å². The van der Waals surface area contributed by atoms with Gasteiger partial charge >= 0.3 is 0 Å². The van der Waals surface area contributed by atoms with Crippen molar-refractivity contribution in [3.8, 4) is 0 Å². The minimum atomic E-state index is -0.761. The number of nitrogen functional groups attached to an aromatic ring is 1. The van der Waals surface area contributed by atoms with E-state index in [9.17, 15) is 4.79 Å². The maximum atomic E-state index is 11.5. The number of carbonyl (C=O) groups is 1. The normalized spacial score (nSPS) is 11.5. The fourth-order valence-corrected chi connectivity index (χ4v) is 4.90. The van der Waals surface area contributed by atoms with Crippen molar-refractivity contribution < 1.29 is 4.79 Å². The van der Waals surface area contributed by atoms with Crippen LogP contribution in [0, 0.1) is 0 Å². The highest BCUT2D eigenvalue weighted by Gasteiger charge is 2.40. The summed E-state index contributed by atoms with van der Waals surface area (Å²) in [5.41, 5.74) is 10.4. The molecule has 4 aromatic carbocycles. The Hall–Kier alpha value is -3.70. The van der Waals surface area contributed by atoms with E-state index in [1.165, 1.54) is 0 Å². The molecule has 0 amide bonds. The monoisotopic (exact) mass is 481 g/mol. The first-order valence-corrected chi connectivity index (χ1v) is 11.1. The molecule has 0 bridgehead atoms. The van der Waals surface area contributed by atoms with Crippen LogP contribution in [0.2, 0.25) is 0 Å². The molecule has 0 aliphatic carbocycles. The number of hydrogen-bond acceptors (Lipinski definition) is 3. The number of nitrogens with two attached hydrogens (primary N) is 1. The van der Waals surface area contributed by atoms with Crippen LogP contribution in [0.5, 0.6) is 0 Å². The second-order valence-electron chi connectivity index (χ2n) is 7.63. The molecule has 2 N–H and O–H groups in total. The highest BCUT2D eigenvalue weighted by Crippen LogP contribution is 2.43. The second kappa shape index (κ2) is 8.09. The van der Waals surface area contributed by atoms with Gasteiger partial charge in [-0.3, -0.25) is 4.79 Å². The van der Waals surface area contributed by atoms with Crippen LogP contribution >= 0.6 is 15.9 Å². The lowest BCUT2D eigenvalue weighted by Crippen LogP contribution is -2.38. The van der Waals surface area contributed by atoms with E-state index in [0.29, 0.717) is 15.9 Å². The lowest BCUT2D eigenvalue weighted by molar-refractivity contribution is 0.112. The zero-order valence-corrected chi connectivity index (χ0v) is 18.7. The molecule has 1 aromatic heterocycles. The number of anilines is 1. The molecule has 0 aliphatic rings. The molecule has 5 heteroatoms. The summed E-state index contributed by atoms with van der Waals surface area (Å²) in [6, 6.07) is 34.6. The van der Waals surface area contributed by atoms with Crippen LogP contribution in [0.1, 0.15) is 27.0 Å². The van der Waals surface area contributed by atoms with Crippen LogP contribution in [0.25, 0.3) is 10.9 Å². The van der Waals surface area contributed by atoms with Gasteiger partial charge in [-0.25, -0.2) is 4.68 Å². The molecule has 0 saturated carbocycles. The summed E-state index contributed by atoms with van der Waals surface area (Å²) in [4.78, 5) is 11.5. The summed E-state index contributed by atoms with van der Waals surface area (Å²) in [5.74, 6) is 0. The molecule has 0 atom stereocenters. The van der Waals surface area contributed by atoms with Crippen molar-refractivity contribution in [2.75, 3.05) is 5.73 Å². The zero-order chi connectivity index (χ0) is 22.1. The van der Waals surface area contributed by atoms with Crippen LogP contribution in [0.3, 0.4) is 0 Å². The van der Waals surface area contributed by atoms with Crippen molar-refractivity contribution in [1.82, 2.24) is 9.78 Å². The number of benzene rings is 4. The molecular weight excluding hydrogens is 462 g/mol. The van der Waals surface area contributed by atoms with Crippen molar-refractivity contribution in [2.45, 2.75) is 5.54 Å². The third-order valence-electron chi connectivity index (χ3n) is 5.86. The van der Waals surface area contributed by atoms with E-state index in [1.807, 2.05) is 65.3 Å². The van der Waals surface area contributed by atoms with Crippen LogP contribution in [-0.2, 0) is 5.54 Å². The van der Waals surface area contributed by atoms with E-state index in [2.05, 4.69) is 52.3 Å². The van der Waals surface area contributed by atoms with Gasteiger partial charge in [0.1, 0.15) is 10.1 Å². The maximum Gasteiger partial charge on any atom is 0.152 e. The molecule has 4 nitrogen and oxygen atoms in total. The highest BCUT2D eigenvalue weighted by atomic mass is 79.9. The predicted octanol–water partition coefficient (Wildman–Crippen LogP) is 6.03. The summed E-state index contributed by atoms with van der Waals surface area (Å²) in [6.07, 6.45) is 0.775. The Morgan fingerprint density at radius 1 is 0.781 bits per heavy atom. The number of carbonyl (C=O) groups excluding carboxylic acids is 1. The number of fused-ring (bicyclic) bond motifs is 1. The Labute approximate surface area is 194 Å². The Kier molecular flexibility index (Phi) is 5.11. The molecule has 5 aromatic rings. The summed E-state index contributed by atoms with van der Waals surface area (Å²) < 4.78 is 2.67. The van der Waals surface area contributed by atoms with E-state index in [4.69, 9.17) is 10.8 Å².